The largest absolute Gasteiger partial charge is 0.465 e. The van der Waals surface area contributed by atoms with E-state index >= 15 is 0 Å². The summed E-state index contributed by atoms with van der Waals surface area (Å²) in [5.41, 5.74) is 8.24. The maximum atomic E-state index is 11.6. The zero-order valence-electron chi connectivity index (χ0n) is 16.2. The van der Waals surface area contributed by atoms with Crippen LogP contribution in [0.15, 0.2) is 24.5 Å². The predicted molar refractivity (Wildman–Crippen MR) is 102 cm³/mol. The molecule has 0 saturated carbocycles. The Labute approximate surface area is 159 Å². The first-order valence-electron chi connectivity index (χ1n) is 8.80. The minimum Gasteiger partial charge on any atom is -0.465 e. The van der Waals surface area contributed by atoms with Gasteiger partial charge in [-0.05, 0) is 50.3 Å². The van der Waals surface area contributed by atoms with Crippen LogP contribution in [0.3, 0.4) is 0 Å². The van der Waals surface area contributed by atoms with Crippen molar-refractivity contribution in [3.05, 3.63) is 47.0 Å². The van der Waals surface area contributed by atoms with Gasteiger partial charge in [-0.3, -0.25) is 0 Å². The normalized spacial score (nSPS) is 12.4. The summed E-state index contributed by atoms with van der Waals surface area (Å²) < 4.78 is 6.54. The highest BCUT2D eigenvalue weighted by Gasteiger charge is 2.22. The first kappa shape index (κ1) is 20.5. The highest BCUT2D eigenvalue weighted by Crippen LogP contribution is 2.27. The third kappa shape index (κ3) is 5.08. The zero-order chi connectivity index (χ0) is 20.2. The van der Waals surface area contributed by atoms with Crippen LogP contribution in [0.2, 0.25) is 0 Å². The number of aromatic nitrogens is 2. The molecule has 0 amide bonds. The van der Waals surface area contributed by atoms with Crippen molar-refractivity contribution in [2.75, 3.05) is 12.8 Å². The SMILES string of the molecule is COC(=O)c1ccc(CCC(C)c2c(C#N)ncn2CC(C)(C)O)c(N)c1. The van der Waals surface area contributed by atoms with Crippen LogP contribution in [0.4, 0.5) is 5.69 Å². The van der Waals surface area contributed by atoms with Crippen LogP contribution in [-0.4, -0.2) is 33.3 Å². The Morgan fingerprint density at radius 1 is 1.48 bits per heavy atom. The summed E-state index contributed by atoms with van der Waals surface area (Å²) >= 11 is 0. The lowest BCUT2D eigenvalue weighted by Gasteiger charge is -2.22. The third-order valence-corrected chi connectivity index (χ3v) is 4.42. The number of ether oxygens (including phenoxy) is 1. The van der Waals surface area contributed by atoms with Crippen LogP contribution in [0.1, 0.15) is 60.4 Å². The summed E-state index contributed by atoms with van der Waals surface area (Å²) in [7, 11) is 1.33. The molecule has 7 nitrogen and oxygen atoms in total. The fourth-order valence-corrected chi connectivity index (χ4v) is 3.11. The number of nitrogens with zero attached hydrogens (tertiary/aromatic N) is 3. The van der Waals surface area contributed by atoms with Crippen molar-refractivity contribution in [2.24, 2.45) is 0 Å². The summed E-state index contributed by atoms with van der Waals surface area (Å²) in [6, 6.07) is 7.27. The smallest absolute Gasteiger partial charge is 0.337 e. The molecule has 1 aromatic heterocycles. The molecule has 1 unspecified atom stereocenters. The number of benzene rings is 1. The number of aliphatic hydroxyl groups is 1. The molecular formula is C20H26N4O3. The molecule has 2 rings (SSSR count). The first-order valence-corrected chi connectivity index (χ1v) is 8.80. The summed E-state index contributed by atoms with van der Waals surface area (Å²) in [6.07, 6.45) is 3.03. The Balaban J connectivity index is 2.17. The average Bonchev–Trinajstić information content (AvgIpc) is 3.00. The summed E-state index contributed by atoms with van der Waals surface area (Å²) in [4.78, 5) is 15.7. The fraction of sp³-hybridized carbons (Fsp3) is 0.450. The van der Waals surface area contributed by atoms with Gasteiger partial charge in [-0.15, -0.1) is 0 Å². The highest BCUT2D eigenvalue weighted by atomic mass is 16.5. The van der Waals surface area contributed by atoms with E-state index in [1.165, 1.54) is 7.11 Å². The molecular weight excluding hydrogens is 344 g/mol. The quantitative estimate of drug-likeness (QED) is 0.572. The number of carbonyl (C=O) groups excluding carboxylic acids is 1. The van der Waals surface area contributed by atoms with Crippen LogP contribution in [0, 0.1) is 11.3 Å². The van der Waals surface area contributed by atoms with Crippen LogP contribution in [0.5, 0.6) is 0 Å². The first-order chi connectivity index (χ1) is 12.7. The van der Waals surface area contributed by atoms with E-state index in [2.05, 4.69) is 11.1 Å². The molecule has 2 aromatic rings. The lowest BCUT2D eigenvalue weighted by Crippen LogP contribution is -2.27. The molecule has 1 atom stereocenters. The van der Waals surface area contributed by atoms with Crippen molar-refractivity contribution in [2.45, 2.75) is 51.7 Å². The number of nitriles is 1. The molecule has 144 valence electrons. The topological polar surface area (TPSA) is 114 Å². The monoisotopic (exact) mass is 370 g/mol. The second-order valence-corrected chi connectivity index (χ2v) is 7.38. The highest BCUT2D eigenvalue weighted by molar-refractivity contribution is 5.90. The maximum Gasteiger partial charge on any atom is 0.337 e. The molecule has 1 aromatic carbocycles. The second kappa shape index (κ2) is 8.23. The number of hydrogen-bond donors (Lipinski definition) is 2. The van der Waals surface area contributed by atoms with E-state index in [0.717, 1.165) is 17.7 Å². The molecule has 0 saturated heterocycles. The number of nitrogens with two attached hydrogens (primary N) is 1. The van der Waals surface area contributed by atoms with Gasteiger partial charge in [0.2, 0.25) is 0 Å². The number of esters is 1. The molecule has 0 aliphatic heterocycles. The van der Waals surface area contributed by atoms with Crippen molar-refractivity contribution < 1.29 is 14.6 Å². The Hall–Kier alpha value is -2.85. The number of anilines is 1. The van der Waals surface area contributed by atoms with Crippen molar-refractivity contribution >= 4 is 11.7 Å². The van der Waals surface area contributed by atoms with Gasteiger partial charge in [-0.1, -0.05) is 13.0 Å². The molecule has 27 heavy (non-hydrogen) atoms. The van der Waals surface area contributed by atoms with Gasteiger partial charge < -0.3 is 20.1 Å². The Kier molecular flexibility index (Phi) is 6.24. The average molecular weight is 370 g/mol. The van der Waals surface area contributed by atoms with Gasteiger partial charge in [0.1, 0.15) is 6.07 Å². The van der Waals surface area contributed by atoms with E-state index in [4.69, 9.17) is 10.5 Å². The summed E-state index contributed by atoms with van der Waals surface area (Å²) in [5, 5.41) is 19.5. The van der Waals surface area contributed by atoms with Crippen LogP contribution >= 0.6 is 0 Å². The van der Waals surface area contributed by atoms with Gasteiger partial charge in [0, 0.05) is 5.69 Å². The molecule has 1 heterocycles. The predicted octanol–water partition coefficient (Wildman–Crippen LogP) is 2.63. The number of nitrogen functional groups attached to an aromatic ring is 1. The van der Waals surface area contributed by atoms with Crippen molar-refractivity contribution in [1.29, 1.82) is 5.26 Å². The Bertz CT molecular complexity index is 859. The number of hydrogen-bond acceptors (Lipinski definition) is 6. The van der Waals surface area contributed by atoms with Gasteiger partial charge in [-0.25, -0.2) is 9.78 Å². The minimum atomic E-state index is -0.907. The maximum absolute atomic E-state index is 11.6. The third-order valence-electron chi connectivity index (χ3n) is 4.42. The standard InChI is InChI=1S/C20H26N4O3/c1-13(18-17(10-21)23-12-24(18)11-20(2,3)26)5-6-14-7-8-15(9-16(14)22)19(25)27-4/h7-9,12-13,26H,5-6,11,22H2,1-4H3. The molecule has 0 aliphatic carbocycles. The minimum absolute atomic E-state index is 0.0455. The Morgan fingerprint density at radius 3 is 2.74 bits per heavy atom. The fourth-order valence-electron chi connectivity index (χ4n) is 3.11. The number of methoxy groups -OCH3 is 1. The van der Waals surface area contributed by atoms with Gasteiger partial charge in [-0.2, -0.15) is 5.26 Å². The van der Waals surface area contributed by atoms with Crippen molar-refractivity contribution in [3.63, 3.8) is 0 Å². The summed E-state index contributed by atoms with van der Waals surface area (Å²) in [6.45, 7) is 5.82. The lowest BCUT2D eigenvalue weighted by molar-refractivity contribution is 0.0594. The number of rotatable bonds is 7. The lowest BCUT2D eigenvalue weighted by atomic mass is 9.95. The van der Waals surface area contributed by atoms with E-state index in [1.54, 1.807) is 32.3 Å². The van der Waals surface area contributed by atoms with Gasteiger partial charge in [0.25, 0.3) is 0 Å². The number of imidazole rings is 1. The Morgan fingerprint density at radius 2 is 2.19 bits per heavy atom. The van der Waals surface area contributed by atoms with E-state index in [0.29, 0.717) is 29.9 Å². The van der Waals surface area contributed by atoms with E-state index in [9.17, 15) is 15.2 Å². The van der Waals surface area contributed by atoms with Crippen molar-refractivity contribution in [1.82, 2.24) is 9.55 Å². The molecule has 7 heteroatoms. The van der Waals surface area contributed by atoms with E-state index in [-0.39, 0.29) is 5.92 Å². The summed E-state index contributed by atoms with van der Waals surface area (Å²) in [5.74, 6) is -0.375. The molecule has 0 fully saturated rings. The number of carbonyl (C=O) groups is 1. The van der Waals surface area contributed by atoms with E-state index in [1.807, 2.05) is 17.6 Å². The number of aryl methyl sites for hydroxylation is 1. The van der Waals surface area contributed by atoms with Crippen LogP contribution < -0.4 is 5.73 Å². The van der Waals surface area contributed by atoms with Gasteiger partial charge >= 0.3 is 5.97 Å². The molecule has 0 radical (unpaired) electrons. The molecule has 3 N–H and O–H groups in total. The molecule has 0 aliphatic rings. The molecule has 0 spiro atoms. The zero-order valence-corrected chi connectivity index (χ0v) is 16.2. The van der Waals surface area contributed by atoms with E-state index < -0.39 is 11.6 Å². The van der Waals surface area contributed by atoms with Crippen molar-refractivity contribution in [3.8, 4) is 6.07 Å². The second-order valence-electron chi connectivity index (χ2n) is 7.38. The molecule has 0 bridgehead atoms. The van der Waals surface area contributed by atoms with Crippen LogP contribution in [-0.2, 0) is 17.7 Å². The van der Waals surface area contributed by atoms with Gasteiger partial charge in [0.05, 0.1) is 36.8 Å². The van der Waals surface area contributed by atoms with Crippen LogP contribution in [0.25, 0.3) is 0 Å². The van der Waals surface area contributed by atoms with Gasteiger partial charge in [0.15, 0.2) is 5.69 Å².